The Morgan fingerprint density at radius 1 is 1.10 bits per heavy atom. The number of nitrogens with two attached hydrogens (primary N) is 1. The van der Waals surface area contributed by atoms with Crippen LogP contribution in [0.3, 0.4) is 0 Å². The third-order valence-electron chi connectivity index (χ3n) is 3.33. The molecule has 1 aromatic carbocycles. The third-order valence-corrected chi connectivity index (χ3v) is 3.62. The maximum Gasteiger partial charge on any atom is 0.257 e. The topological polar surface area (TPSA) is 66.6 Å². The minimum Gasteiger partial charge on any atom is -0.338 e. The average molecular weight is 318 g/mol. The van der Waals surface area contributed by atoms with Crippen LogP contribution >= 0.6 is 11.6 Å². The molecule has 0 atom stereocenters. The fourth-order valence-electron chi connectivity index (χ4n) is 2.14. The van der Waals surface area contributed by atoms with Crippen LogP contribution in [0.15, 0.2) is 12.1 Å². The van der Waals surface area contributed by atoms with Gasteiger partial charge in [-0.15, -0.1) is 0 Å². The Hall–Kier alpha value is -1.73. The lowest BCUT2D eigenvalue weighted by Crippen LogP contribution is -2.52. The van der Waals surface area contributed by atoms with Gasteiger partial charge >= 0.3 is 0 Å². The van der Waals surface area contributed by atoms with Crippen LogP contribution in [0.2, 0.25) is 5.02 Å². The van der Waals surface area contributed by atoms with Gasteiger partial charge in [0.05, 0.1) is 17.1 Å². The predicted molar refractivity (Wildman–Crippen MR) is 72.9 cm³/mol. The van der Waals surface area contributed by atoms with Gasteiger partial charge in [-0.3, -0.25) is 9.59 Å². The summed E-state index contributed by atoms with van der Waals surface area (Å²) in [6.45, 7) is 1.03. The number of benzene rings is 1. The second-order valence-corrected chi connectivity index (χ2v) is 5.03. The van der Waals surface area contributed by atoms with E-state index in [0.29, 0.717) is 13.1 Å². The number of hydrogen-bond donors (Lipinski definition) is 1. The Kier molecular flexibility index (Phi) is 4.74. The molecular weight excluding hydrogens is 304 g/mol. The summed E-state index contributed by atoms with van der Waals surface area (Å²) in [6, 6.07) is 1.57. The summed E-state index contributed by atoms with van der Waals surface area (Å²) in [5.74, 6) is -2.54. The number of hydrogen-bond acceptors (Lipinski definition) is 3. The van der Waals surface area contributed by atoms with Crippen LogP contribution in [0.5, 0.6) is 0 Å². The highest BCUT2D eigenvalue weighted by Crippen LogP contribution is 2.21. The molecule has 0 spiro atoms. The normalized spacial score (nSPS) is 15.2. The first-order valence-corrected chi connectivity index (χ1v) is 6.73. The number of carbonyl (C=O) groups excluding carboxylic acids is 2. The molecule has 0 radical (unpaired) electrons. The molecule has 1 aliphatic rings. The van der Waals surface area contributed by atoms with E-state index < -0.39 is 17.5 Å². The van der Waals surface area contributed by atoms with Crippen LogP contribution in [0.25, 0.3) is 0 Å². The van der Waals surface area contributed by atoms with Crippen LogP contribution in [-0.4, -0.2) is 54.3 Å². The van der Waals surface area contributed by atoms with Gasteiger partial charge in [0.2, 0.25) is 5.91 Å². The van der Waals surface area contributed by atoms with Crippen molar-refractivity contribution in [3.05, 3.63) is 34.4 Å². The number of rotatable bonds is 2. The number of carbonyl (C=O) groups is 2. The number of amides is 2. The van der Waals surface area contributed by atoms with Gasteiger partial charge in [0, 0.05) is 26.2 Å². The molecule has 1 fully saturated rings. The van der Waals surface area contributed by atoms with Crippen molar-refractivity contribution in [1.82, 2.24) is 9.80 Å². The zero-order valence-electron chi connectivity index (χ0n) is 11.1. The summed E-state index contributed by atoms with van der Waals surface area (Å²) >= 11 is 5.45. The maximum absolute atomic E-state index is 13.7. The zero-order valence-corrected chi connectivity index (χ0v) is 11.9. The highest BCUT2D eigenvalue weighted by Gasteiger charge is 2.26. The van der Waals surface area contributed by atoms with Crippen molar-refractivity contribution in [1.29, 1.82) is 0 Å². The average Bonchev–Trinajstić information content (AvgIpc) is 2.49. The van der Waals surface area contributed by atoms with Crippen molar-refractivity contribution in [3.63, 3.8) is 0 Å². The molecule has 1 heterocycles. The van der Waals surface area contributed by atoms with Crippen molar-refractivity contribution in [2.45, 2.75) is 0 Å². The Morgan fingerprint density at radius 3 is 2.24 bits per heavy atom. The van der Waals surface area contributed by atoms with Crippen molar-refractivity contribution in [3.8, 4) is 0 Å². The van der Waals surface area contributed by atoms with E-state index in [4.69, 9.17) is 17.3 Å². The molecule has 1 aromatic rings. The summed E-state index contributed by atoms with van der Waals surface area (Å²) in [4.78, 5) is 26.5. The van der Waals surface area contributed by atoms with Crippen LogP contribution in [0, 0.1) is 11.6 Å². The van der Waals surface area contributed by atoms with Crippen molar-refractivity contribution >= 4 is 23.4 Å². The van der Waals surface area contributed by atoms with E-state index in [1.54, 1.807) is 0 Å². The minimum atomic E-state index is -0.869. The molecule has 8 heteroatoms. The van der Waals surface area contributed by atoms with Crippen molar-refractivity contribution in [2.75, 3.05) is 32.7 Å². The first kappa shape index (κ1) is 15.7. The predicted octanol–water partition coefficient (Wildman–Crippen LogP) is 0.861. The second kappa shape index (κ2) is 6.36. The van der Waals surface area contributed by atoms with Gasteiger partial charge < -0.3 is 15.5 Å². The summed E-state index contributed by atoms with van der Waals surface area (Å²) in [5, 5.41) is -0.373. The molecule has 0 aromatic heterocycles. The summed E-state index contributed by atoms with van der Waals surface area (Å²) in [5.41, 5.74) is 4.90. The molecule has 2 rings (SSSR count). The fraction of sp³-hybridized carbons (Fsp3) is 0.385. The minimum absolute atomic E-state index is 0.0923. The molecule has 2 N–H and O–H groups in total. The van der Waals surface area contributed by atoms with E-state index in [2.05, 4.69) is 0 Å². The van der Waals surface area contributed by atoms with Gasteiger partial charge in [0.15, 0.2) is 0 Å². The van der Waals surface area contributed by atoms with E-state index >= 15 is 0 Å². The van der Waals surface area contributed by atoms with Crippen LogP contribution in [-0.2, 0) is 4.79 Å². The van der Waals surface area contributed by atoms with Gasteiger partial charge in [-0.1, -0.05) is 11.6 Å². The first-order valence-electron chi connectivity index (χ1n) is 6.35. The standard InChI is InChI=1S/C13H14ClF2N3O2/c14-9-6-10(15)8(5-11(9)16)13(21)19-3-1-18(2-4-19)12(20)7-17/h5-6H,1-4,7,17H2. The fourth-order valence-corrected chi connectivity index (χ4v) is 2.30. The first-order chi connectivity index (χ1) is 9.93. The Balaban J connectivity index is 2.09. The smallest absolute Gasteiger partial charge is 0.257 e. The lowest BCUT2D eigenvalue weighted by Gasteiger charge is -2.34. The summed E-state index contributed by atoms with van der Waals surface area (Å²) in [6.07, 6.45) is 0. The van der Waals surface area contributed by atoms with Gasteiger partial charge in [-0.25, -0.2) is 8.78 Å². The van der Waals surface area contributed by atoms with E-state index in [0.717, 1.165) is 12.1 Å². The van der Waals surface area contributed by atoms with Crippen LogP contribution < -0.4 is 5.73 Å². The molecule has 5 nitrogen and oxygen atoms in total. The number of piperazine rings is 1. The third kappa shape index (κ3) is 3.30. The zero-order chi connectivity index (χ0) is 15.6. The van der Waals surface area contributed by atoms with Crippen molar-refractivity contribution < 1.29 is 18.4 Å². The van der Waals surface area contributed by atoms with Gasteiger partial charge in [0.25, 0.3) is 5.91 Å². The highest BCUT2D eigenvalue weighted by molar-refractivity contribution is 6.30. The van der Waals surface area contributed by atoms with E-state index in [1.165, 1.54) is 9.80 Å². The monoisotopic (exact) mass is 317 g/mol. The van der Waals surface area contributed by atoms with Gasteiger partial charge in [0.1, 0.15) is 11.6 Å². The van der Waals surface area contributed by atoms with E-state index in [9.17, 15) is 18.4 Å². The maximum atomic E-state index is 13.7. The molecule has 0 bridgehead atoms. The molecule has 0 unspecified atom stereocenters. The molecule has 1 aliphatic heterocycles. The summed E-state index contributed by atoms with van der Waals surface area (Å²) in [7, 11) is 0. The van der Waals surface area contributed by atoms with E-state index in [1.807, 2.05) is 0 Å². The number of halogens is 3. The SMILES string of the molecule is NCC(=O)N1CCN(C(=O)c2cc(F)c(Cl)cc2F)CC1. The highest BCUT2D eigenvalue weighted by atomic mass is 35.5. The van der Waals surface area contributed by atoms with Gasteiger partial charge in [-0.2, -0.15) is 0 Å². The Labute approximate surface area is 125 Å². The lowest BCUT2D eigenvalue weighted by molar-refractivity contribution is -0.131. The summed E-state index contributed by atoms with van der Waals surface area (Å²) < 4.78 is 27.1. The molecule has 21 heavy (non-hydrogen) atoms. The van der Waals surface area contributed by atoms with Crippen molar-refractivity contribution in [2.24, 2.45) is 5.73 Å². The molecular formula is C13H14ClF2N3O2. The molecule has 0 saturated carbocycles. The molecule has 114 valence electrons. The van der Waals surface area contributed by atoms with Gasteiger partial charge in [-0.05, 0) is 12.1 Å². The molecule has 0 aliphatic carbocycles. The Morgan fingerprint density at radius 2 is 1.67 bits per heavy atom. The molecule has 1 saturated heterocycles. The largest absolute Gasteiger partial charge is 0.338 e. The second-order valence-electron chi connectivity index (χ2n) is 4.62. The molecule has 2 amide bonds. The van der Waals surface area contributed by atoms with Crippen LogP contribution in [0.4, 0.5) is 8.78 Å². The quantitative estimate of drug-likeness (QED) is 0.823. The Bertz CT molecular complexity index is 575. The van der Waals surface area contributed by atoms with Crippen LogP contribution in [0.1, 0.15) is 10.4 Å². The van der Waals surface area contributed by atoms with E-state index in [-0.39, 0.29) is 36.1 Å². The lowest BCUT2D eigenvalue weighted by atomic mass is 10.1. The number of nitrogens with zero attached hydrogens (tertiary/aromatic N) is 2.